The molecule has 0 bridgehead atoms. The second kappa shape index (κ2) is 7.31. The standard InChI is InChI=1S/C13H29N3O/c1-4-13(5-2,12-14)15(3)6-7-16-8-10-17-11-9-16/h4-12,14H2,1-3H3. The van der Waals surface area contributed by atoms with Crippen molar-refractivity contribution in [2.45, 2.75) is 32.2 Å². The van der Waals surface area contributed by atoms with E-state index < -0.39 is 0 Å². The van der Waals surface area contributed by atoms with Crippen molar-refractivity contribution in [1.29, 1.82) is 0 Å². The number of likely N-dealkylation sites (N-methyl/N-ethyl adjacent to an activating group) is 1. The maximum Gasteiger partial charge on any atom is 0.0594 e. The normalized spacial score (nSPS) is 18.9. The van der Waals surface area contributed by atoms with Crippen molar-refractivity contribution in [1.82, 2.24) is 9.80 Å². The maximum atomic E-state index is 5.96. The Labute approximate surface area is 106 Å². The molecule has 1 aliphatic rings. The van der Waals surface area contributed by atoms with Crippen LogP contribution in [-0.4, -0.2) is 68.3 Å². The van der Waals surface area contributed by atoms with Crippen LogP contribution in [0.5, 0.6) is 0 Å². The highest BCUT2D eigenvalue weighted by Crippen LogP contribution is 2.20. The van der Waals surface area contributed by atoms with E-state index in [0.29, 0.717) is 0 Å². The van der Waals surface area contributed by atoms with Gasteiger partial charge in [-0.1, -0.05) is 13.8 Å². The molecular formula is C13H29N3O. The predicted octanol–water partition coefficient (Wildman–Crippen LogP) is 0.768. The van der Waals surface area contributed by atoms with E-state index in [-0.39, 0.29) is 5.54 Å². The van der Waals surface area contributed by atoms with Gasteiger partial charge in [0, 0.05) is 38.3 Å². The molecule has 1 rings (SSSR count). The average molecular weight is 243 g/mol. The van der Waals surface area contributed by atoms with Gasteiger partial charge < -0.3 is 10.5 Å². The van der Waals surface area contributed by atoms with Crippen molar-refractivity contribution < 1.29 is 4.74 Å². The number of nitrogens with zero attached hydrogens (tertiary/aromatic N) is 2. The number of hydrogen-bond donors (Lipinski definition) is 1. The second-order valence-corrected chi connectivity index (χ2v) is 5.01. The van der Waals surface area contributed by atoms with Crippen LogP contribution in [0.1, 0.15) is 26.7 Å². The quantitative estimate of drug-likeness (QED) is 0.717. The molecule has 4 nitrogen and oxygen atoms in total. The molecule has 2 N–H and O–H groups in total. The molecule has 4 heteroatoms. The molecule has 1 saturated heterocycles. The molecule has 0 saturated carbocycles. The highest BCUT2D eigenvalue weighted by molar-refractivity contribution is 4.88. The van der Waals surface area contributed by atoms with E-state index in [2.05, 4.69) is 30.7 Å². The number of ether oxygens (including phenoxy) is 1. The first kappa shape index (κ1) is 14.9. The lowest BCUT2D eigenvalue weighted by Gasteiger charge is -2.41. The minimum atomic E-state index is 0.187. The first-order valence-electron chi connectivity index (χ1n) is 6.90. The largest absolute Gasteiger partial charge is 0.379 e. The van der Waals surface area contributed by atoms with Crippen molar-refractivity contribution in [3.63, 3.8) is 0 Å². The number of morpholine rings is 1. The second-order valence-electron chi connectivity index (χ2n) is 5.01. The van der Waals surface area contributed by atoms with Gasteiger partial charge in [0.2, 0.25) is 0 Å². The molecule has 102 valence electrons. The molecule has 0 aromatic carbocycles. The first-order chi connectivity index (χ1) is 8.18. The molecule has 17 heavy (non-hydrogen) atoms. The maximum absolute atomic E-state index is 5.96. The minimum Gasteiger partial charge on any atom is -0.379 e. The highest BCUT2D eigenvalue weighted by atomic mass is 16.5. The summed E-state index contributed by atoms with van der Waals surface area (Å²) in [5.41, 5.74) is 6.15. The zero-order chi connectivity index (χ0) is 12.7. The van der Waals surface area contributed by atoms with Gasteiger partial charge in [0.25, 0.3) is 0 Å². The molecule has 1 aliphatic heterocycles. The SMILES string of the molecule is CCC(CC)(CN)N(C)CCN1CCOCC1. The van der Waals surface area contributed by atoms with Gasteiger partial charge in [-0.15, -0.1) is 0 Å². The summed E-state index contributed by atoms with van der Waals surface area (Å²) in [5.74, 6) is 0. The van der Waals surface area contributed by atoms with E-state index in [1.54, 1.807) is 0 Å². The monoisotopic (exact) mass is 243 g/mol. The molecule has 0 radical (unpaired) electrons. The molecule has 0 aromatic heterocycles. The van der Waals surface area contributed by atoms with E-state index in [9.17, 15) is 0 Å². The van der Waals surface area contributed by atoms with Crippen molar-refractivity contribution in [3.8, 4) is 0 Å². The van der Waals surface area contributed by atoms with Gasteiger partial charge in [0.1, 0.15) is 0 Å². The van der Waals surface area contributed by atoms with E-state index in [4.69, 9.17) is 10.5 Å². The van der Waals surface area contributed by atoms with Gasteiger partial charge in [0.05, 0.1) is 13.2 Å². The Morgan fingerprint density at radius 1 is 1.24 bits per heavy atom. The van der Waals surface area contributed by atoms with Gasteiger partial charge in [-0.25, -0.2) is 0 Å². The lowest BCUT2D eigenvalue weighted by molar-refractivity contribution is 0.0256. The van der Waals surface area contributed by atoms with E-state index in [1.807, 2.05) is 0 Å². The van der Waals surface area contributed by atoms with E-state index in [0.717, 1.165) is 58.8 Å². The van der Waals surface area contributed by atoms with Gasteiger partial charge >= 0.3 is 0 Å². The van der Waals surface area contributed by atoms with Crippen molar-refractivity contribution in [3.05, 3.63) is 0 Å². The molecule has 0 unspecified atom stereocenters. The van der Waals surface area contributed by atoms with Crippen LogP contribution >= 0.6 is 0 Å². The Morgan fingerprint density at radius 3 is 2.29 bits per heavy atom. The summed E-state index contributed by atoms with van der Waals surface area (Å²) >= 11 is 0. The fourth-order valence-electron chi connectivity index (χ4n) is 2.59. The molecule has 0 aromatic rings. The lowest BCUT2D eigenvalue weighted by Crippen LogP contribution is -2.53. The van der Waals surface area contributed by atoms with Crippen LogP contribution in [-0.2, 0) is 4.74 Å². The van der Waals surface area contributed by atoms with Crippen molar-refractivity contribution >= 4 is 0 Å². The third-order valence-corrected chi connectivity index (χ3v) is 4.36. The number of rotatable bonds is 7. The third kappa shape index (κ3) is 3.91. The average Bonchev–Trinajstić information content (AvgIpc) is 2.40. The van der Waals surface area contributed by atoms with Crippen LogP contribution in [0.2, 0.25) is 0 Å². The minimum absolute atomic E-state index is 0.187. The van der Waals surface area contributed by atoms with Crippen LogP contribution in [0.3, 0.4) is 0 Å². The van der Waals surface area contributed by atoms with Crippen molar-refractivity contribution in [2.24, 2.45) is 5.73 Å². The van der Waals surface area contributed by atoms with Gasteiger partial charge in [-0.2, -0.15) is 0 Å². The third-order valence-electron chi connectivity index (χ3n) is 4.36. The summed E-state index contributed by atoms with van der Waals surface area (Å²) in [6, 6.07) is 0. The van der Waals surface area contributed by atoms with Gasteiger partial charge in [-0.3, -0.25) is 9.80 Å². The molecular weight excluding hydrogens is 214 g/mol. The van der Waals surface area contributed by atoms with Gasteiger partial charge in [-0.05, 0) is 19.9 Å². The molecule has 0 aliphatic carbocycles. The number of nitrogens with two attached hydrogens (primary N) is 1. The first-order valence-corrected chi connectivity index (χ1v) is 6.90. The van der Waals surface area contributed by atoms with Crippen molar-refractivity contribution in [2.75, 3.05) is 53.0 Å². The summed E-state index contributed by atoms with van der Waals surface area (Å²) in [6.07, 6.45) is 2.25. The number of hydrogen-bond acceptors (Lipinski definition) is 4. The zero-order valence-electron chi connectivity index (χ0n) is 11.7. The molecule has 1 heterocycles. The van der Waals surface area contributed by atoms with Crippen LogP contribution in [0.15, 0.2) is 0 Å². The van der Waals surface area contributed by atoms with Crippen LogP contribution in [0, 0.1) is 0 Å². The predicted molar refractivity (Wildman–Crippen MR) is 72.3 cm³/mol. The summed E-state index contributed by atoms with van der Waals surface area (Å²) in [4.78, 5) is 4.93. The van der Waals surface area contributed by atoms with Crippen LogP contribution in [0.4, 0.5) is 0 Å². The lowest BCUT2D eigenvalue weighted by atomic mass is 9.91. The summed E-state index contributed by atoms with van der Waals surface area (Å²) < 4.78 is 5.36. The van der Waals surface area contributed by atoms with Gasteiger partial charge in [0.15, 0.2) is 0 Å². The summed E-state index contributed by atoms with van der Waals surface area (Å²) in [5, 5.41) is 0. The van der Waals surface area contributed by atoms with E-state index in [1.165, 1.54) is 0 Å². The Balaban J connectivity index is 2.38. The smallest absolute Gasteiger partial charge is 0.0594 e. The highest BCUT2D eigenvalue weighted by Gasteiger charge is 2.29. The fourth-order valence-corrected chi connectivity index (χ4v) is 2.59. The molecule has 0 atom stereocenters. The topological polar surface area (TPSA) is 41.7 Å². The Morgan fingerprint density at radius 2 is 1.82 bits per heavy atom. The molecule has 1 fully saturated rings. The Bertz CT molecular complexity index is 193. The Hall–Kier alpha value is -0.160. The fraction of sp³-hybridized carbons (Fsp3) is 1.00. The molecule has 0 amide bonds. The molecule has 0 spiro atoms. The Kier molecular flexibility index (Phi) is 6.41. The summed E-state index contributed by atoms with van der Waals surface area (Å²) in [7, 11) is 2.21. The van der Waals surface area contributed by atoms with Crippen LogP contribution < -0.4 is 5.73 Å². The van der Waals surface area contributed by atoms with Crippen LogP contribution in [0.25, 0.3) is 0 Å². The zero-order valence-corrected chi connectivity index (χ0v) is 11.7. The summed E-state index contributed by atoms with van der Waals surface area (Å²) in [6.45, 7) is 11.4. The van der Waals surface area contributed by atoms with E-state index >= 15 is 0 Å².